The maximum absolute atomic E-state index is 11.1. The first-order valence-corrected chi connectivity index (χ1v) is 12.0. The van der Waals surface area contributed by atoms with E-state index in [9.17, 15) is 30.6 Å². The van der Waals surface area contributed by atoms with Crippen molar-refractivity contribution in [2.45, 2.75) is 98.2 Å². The van der Waals surface area contributed by atoms with Crippen LogP contribution >= 0.6 is 0 Å². The molecular weight excluding hydrogens is 486 g/mol. The van der Waals surface area contributed by atoms with Crippen LogP contribution in [0.5, 0.6) is 0 Å². The highest BCUT2D eigenvalue weighted by Gasteiger charge is 2.51. The number of rotatable bonds is 9. The molecule has 16 N–H and O–H groups in total. The zero-order valence-corrected chi connectivity index (χ0v) is 19.8. The highest BCUT2D eigenvalue weighted by molar-refractivity contribution is 5.01. The lowest BCUT2D eigenvalue weighted by atomic mass is 9.84. The van der Waals surface area contributed by atoms with E-state index in [2.05, 4.69) is 5.32 Å². The van der Waals surface area contributed by atoms with Crippen molar-refractivity contribution < 1.29 is 54.7 Å². The lowest BCUT2D eigenvalue weighted by Gasteiger charge is -2.48. The van der Waals surface area contributed by atoms with Crippen molar-refractivity contribution in [1.29, 1.82) is 0 Å². The summed E-state index contributed by atoms with van der Waals surface area (Å²) >= 11 is 0. The smallest absolute Gasteiger partial charge is 0.187 e. The number of aliphatic hydroxyl groups is 7. The number of ether oxygens (including phenoxy) is 4. The second-order valence-electron chi connectivity index (χ2n) is 9.53. The number of nitrogens with two attached hydrogens (primary N) is 4. The van der Waals surface area contributed by atoms with Gasteiger partial charge in [-0.05, 0) is 6.42 Å². The lowest BCUT2D eigenvalue weighted by molar-refractivity contribution is -0.330. The summed E-state index contributed by atoms with van der Waals surface area (Å²) in [6.07, 6.45) is -16.0. The van der Waals surface area contributed by atoms with Gasteiger partial charge in [-0.2, -0.15) is 0 Å². The van der Waals surface area contributed by atoms with E-state index in [0.29, 0.717) is 0 Å². The van der Waals surface area contributed by atoms with Gasteiger partial charge in [0.15, 0.2) is 12.6 Å². The van der Waals surface area contributed by atoms with Crippen molar-refractivity contribution in [1.82, 2.24) is 5.32 Å². The van der Waals surface area contributed by atoms with Gasteiger partial charge >= 0.3 is 0 Å². The molecule has 0 amide bonds. The SMILES string of the molecule is NC[C@H]1O[C@H](O[C@H]2[C@H](O)[C@@H](O[C@H]3O[C@H](CNCCO)[C@@H](O)[C@H](N)[C@H]3O)[C@H](N)C[C@@H]2N)[C@H](O)[C@@H](O)[C@@H]1O. The van der Waals surface area contributed by atoms with Crippen LogP contribution in [-0.4, -0.2) is 154 Å². The van der Waals surface area contributed by atoms with Gasteiger partial charge in [-0.15, -0.1) is 0 Å². The molecule has 212 valence electrons. The first-order chi connectivity index (χ1) is 17.0. The quantitative estimate of drug-likeness (QED) is 0.124. The van der Waals surface area contributed by atoms with Gasteiger partial charge < -0.3 is 82.9 Å². The largest absolute Gasteiger partial charge is 0.395 e. The molecule has 0 aromatic heterocycles. The second-order valence-corrected chi connectivity index (χ2v) is 9.53. The standard InChI is InChI=1S/C20H41N5O11/c21-4-8-12(28)14(30)15(31)20(33-8)36-18-7(23)3-6(22)17(16(18)32)35-19-13(29)10(24)11(27)9(34-19)5-25-1-2-26/h6-20,25-32H,1-5,21-24H2/t6-,7+,8-,9-,10+,11-,12-,13-,14+,15-,16-,17+,18-,19-,20-/m1/s1. The molecule has 0 aromatic rings. The normalized spacial score (nSPS) is 50.2. The fourth-order valence-electron chi connectivity index (χ4n) is 4.74. The Balaban J connectivity index is 1.70. The summed E-state index contributed by atoms with van der Waals surface area (Å²) < 4.78 is 22.7. The Labute approximate surface area is 208 Å². The van der Waals surface area contributed by atoms with E-state index >= 15 is 0 Å². The first kappa shape index (κ1) is 29.9. The molecule has 0 bridgehead atoms. The molecule has 2 heterocycles. The summed E-state index contributed by atoms with van der Waals surface area (Å²) in [6.45, 7) is 0.0395. The Bertz CT molecular complexity index is 684. The number of aliphatic hydroxyl groups excluding tert-OH is 7. The van der Waals surface area contributed by atoms with Gasteiger partial charge in [0.2, 0.25) is 0 Å². The van der Waals surface area contributed by atoms with Crippen LogP contribution in [0.1, 0.15) is 6.42 Å². The molecule has 15 atom stereocenters. The van der Waals surface area contributed by atoms with Crippen LogP contribution in [0.15, 0.2) is 0 Å². The summed E-state index contributed by atoms with van der Waals surface area (Å²) in [7, 11) is 0. The molecule has 3 aliphatic rings. The Morgan fingerprint density at radius 1 is 0.722 bits per heavy atom. The molecule has 3 fully saturated rings. The molecule has 2 saturated heterocycles. The zero-order valence-electron chi connectivity index (χ0n) is 19.8. The fraction of sp³-hybridized carbons (Fsp3) is 1.00. The highest BCUT2D eigenvalue weighted by atomic mass is 16.7. The van der Waals surface area contributed by atoms with Crippen LogP contribution in [0.3, 0.4) is 0 Å². The van der Waals surface area contributed by atoms with Gasteiger partial charge in [-0.25, -0.2) is 0 Å². The molecule has 1 aliphatic carbocycles. The van der Waals surface area contributed by atoms with Crippen LogP contribution in [0.4, 0.5) is 0 Å². The number of hydrogen-bond donors (Lipinski definition) is 12. The Morgan fingerprint density at radius 2 is 1.28 bits per heavy atom. The van der Waals surface area contributed by atoms with Gasteiger partial charge in [-0.3, -0.25) is 0 Å². The summed E-state index contributed by atoms with van der Waals surface area (Å²) in [5.74, 6) is 0. The van der Waals surface area contributed by atoms with Gasteiger partial charge in [0.1, 0.15) is 54.9 Å². The molecule has 0 radical (unpaired) electrons. The summed E-state index contributed by atoms with van der Waals surface area (Å²) in [6, 6.07) is -2.79. The molecule has 1 saturated carbocycles. The van der Waals surface area contributed by atoms with Crippen molar-refractivity contribution >= 4 is 0 Å². The molecule has 16 nitrogen and oxygen atoms in total. The van der Waals surface area contributed by atoms with Crippen molar-refractivity contribution in [2.24, 2.45) is 22.9 Å². The third kappa shape index (κ3) is 6.32. The summed E-state index contributed by atoms with van der Waals surface area (Å²) in [5.41, 5.74) is 23.8. The van der Waals surface area contributed by atoms with Crippen LogP contribution < -0.4 is 28.3 Å². The van der Waals surface area contributed by atoms with Crippen LogP contribution in [0, 0.1) is 0 Å². The van der Waals surface area contributed by atoms with Crippen molar-refractivity contribution in [2.75, 3.05) is 26.2 Å². The van der Waals surface area contributed by atoms with Crippen molar-refractivity contribution in [3.8, 4) is 0 Å². The molecule has 36 heavy (non-hydrogen) atoms. The maximum Gasteiger partial charge on any atom is 0.187 e. The minimum absolute atomic E-state index is 0.0969. The number of nitrogens with one attached hydrogen (secondary N) is 1. The van der Waals surface area contributed by atoms with E-state index in [4.69, 9.17) is 47.0 Å². The molecule has 0 unspecified atom stereocenters. The third-order valence-corrected chi connectivity index (χ3v) is 6.94. The van der Waals surface area contributed by atoms with Crippen LogP contribution in [-0.2, 0) is 18.9 Å². The molecular formula is C20H41N5O11. The average Bonchev–Trinajstić information content (AvgIpc) is 2.85. The van der Waals surface area contributed by atoms with Crippen LogP contribution in [0.25, 0.3) is 0 Å². The van der Waals surface area contributed by atoms with Crippen LogP contribution in [0.2, 0.25) is 0 Å². The van der Waals surface area contributed by atoms with E-state index in [-0.39, 0.29) is 32.7 Å². The zero-order chi connectivity index (χ0) is 26.7. The minimum Gasteiger partial charge on any atom is -0.395 e. The predicted molar refractivity (Wildman–Crippen MR) is 121 cm³/mol. The summed E-state index contributed by atoms with van der Waals surface area (Å²) in [4.78, 5) is 0. The highest BCUT2D eigenvalue weighted by Crippen LogP contribution is 2.31. The molecule has 0 spiro atoms. The number of hydrogen-bond acceptors (Lipinski definition) is 16. The van der Waals surface area contributed by atoms with E-state index in [0.717, 1.165) is 0 Å². The van der Waals surface area contributed by atoms with E-state index in [1.807, 2.05) is 0 Å². The predicted octanol–water partition coefficient (Wildman–Crippen LogP) is -7.70. The minimum atomic E-state index is -1.66. The van der Waals surface area contributed by atoms with Gasteiger partial charge in [0.25, 0.3) is 0 Å². The molecule has 3 rings (SSSR count). The average molecular weight is 528 g/mol. The first-order valence-electron chi connectivity index (χ1n) is 12.0. The molecule has 0 aromatic carbocycles. The van der Waals surface area contributed by atoms with E-state index in [1.165, 1.54) is 0 Å². The monoisotopic (exact) mass is 527 g/mol. The molecule has 16 heteroatoms. The topological polar surface area (TPSA) is 295 Å². The lowest BCUT2D eigenvalue weighted by Crippen LogP contribution is -2.68. The van der Waals surface area contributed by atoms with Crippen molar-refractivity contribution in [3.63, 3.8) is 0 Å². The molecule has 2 aliphatic heterocycles. The van der Waals surface area contributed by atoms with Gasteiger partial charge in [0.05, 0.1) is 18.8 Å². The van der Waals surface area contributed by atoms with E-state index in [1.54, 1.807) is 0 Å². The summed E-state index contributed by atoms with van der Waals surface area (Å²) in [5, 5.41) is 74.2. The second kappa shape index (κ2) is 12.9. The third-order valence-electron chi connectivity index (χ3n) is 6.94. The van der Waals surface area contributed by atoms with Gasteiger partial charge in [0, 0.05) is 31.7 Å². The Kier molecular flexibility index (Phi) is 10.8. The van der Waals surface area contributed by atoms with Gasteiger partial charge in [-0.1, -0.05) is 0 Å². The van der Waals surface area contributed by atoms with E-state index < -0.39 is 91.7 Å². The fourth-order valence-corrected chi connectivity index (χ4v) is 4.74. The maximum atomic E-state index is 11.1. The Hall–Kier alpha value is -0.640. The Morgan fingerprint density at radius 3 is 1.83 bits per heavy atom. The van der Waals surface area contributed by atoms with Crippen molar-refractivity contribution in [3.05, 3.63) is 0 Å².